The molecule has 1 aromatic carbocycles. The summed E-state index contributed by atoms with van der Waals surface area (Å²) >= 11 is 6.34. The maximum Gasteiger partial charge on any atom is 0.154 e. The molecule has 0 aliphatic rings. The predicted octanol–water partition coefficient (Wildman–Crippen LogP) is 3.76. The van der Waals surface area contributed by atoms with E-state index in [1.807, 2.05) is 0 Å². The first kappa shape index (κ1) is 13.0. The van der Waals surface area contributed by atoms with Gasteiger partial charge < -0.3 is 0 Å². The van der Waals surface area contributed by atoms with E-state index in [0.29, 0.717) is 0 Å². The van der Waals surface area contributed by atoms with Gasteiger partial charge in [-0.25, -0.2) is 0 Å². The molecule has 3 heteroatoms. The Labute approximate surface area is 100 Å². The lowest BCUT2D eigenvalue weighted by molar-refractivity contribution is 1.35. The van der Waals surface area contributed by atoms with E-state index in [0.717, 1.165) is 6.04 Å². The van der Waals surface area contributed by atoms with E-state index < -0.39 is 15.5 Å². The van der Waals surface area contributed by atoms with Crippen LogP contribution < -0.4 is 5.19 Å². The van der Waals surface area contributed by atoms with Gasteiger partial charge in [0.15, 0.2) is 7.38 Å². The van der Waals surface area contributed by atoms with Crippen LogP contribution in [-0.4, -0.2) is 15.5 Å². The van der Waals surface area contributed by atoms with E-state index in [1.165, 1.54) is 10.8 Å². The fraction of sp³-hybridized carbons (Fsp3) is 0.500. The number of benzene rings is 1. The van der Waals surface area contributed by atoms with Crippen LogP contribution in [0.25, 0.3) is 0 Å². The Bertz CT molecular complexity index is 317. The van der Waals surface area contributed by atoms with Crippen LogP contribution in [0.4, 0.5) is 0 Å². The zero-order valence-corrected chi connectivity index (χ0v) is 13.2. The zero-order valence-electron chi connectivity index (χ0n) is 10.4. The summed E-state index contributed by atoms with van der Waals surface area (Å²) in [5.74, 6) is 0. The Hall–Kier alpha value is -0.0562. The van der Waals surface area contributed by atoms with Gasteiger partial charge in [0.2, 0.25) is 0 Å². The van der Waals surface area contributed by atoms with Crippen molar-refractivity contribution in [2.45, 2.75) is 38.8 Å². The van der Waals surface area contributed by atoms with Crippen molar-refractivity contribution < 1.29 is 0 Å². The van der Waals surface area contributed by atoms with Crippen LogP contribution in [0.3, 0.4) is 0 Å². The van der Waals surface area contributed by atoms with Crippen LogP contribution in [0, 0.1) is 0 Å². The number of hydrogen-bond acceptors (Lipinski definition) is 0. The van der Waals surface area contributed by atoms with Crippen molar-refractivity contribution in [1.29, 1.82) is 0 Å². The molecule has 0 nitrogen and oxygen atoms in total. The summed E-state index contributed by atoms with van der Waals surface area (Å²) in [7, 11) is -2.61. The first-order valence-electron chi connectivity index (χ1n) is 5.47. The molecule has 0 atom stereocenters. The molecular weight excluding hydrogens is 236 g/mol. The Kier molecular flexibility index (Phi) is 3.85. The average molecular weight is 257 g/mol. The first-order valence-corrected chi connectivity index (χ1v) is 13.2. The molecular formula is C12H21ClSi2. The molecule has 0 saturated heterocycles. The zero-order chi connectivity index (χ0) is 11.7. The number of halogens is 1. The smallest absolute Gasteiger partial charge is 0.154 e. The molecule has 1 aromatic rings. The highest BCUT2D eigenvalue weighted by Gasteiger charge is 2.19. The van der Waals surface area contributed by atoms with Crippen LogP contribution in [0.5, 0.6) is 0 Å². The lowest BCUT2D eigenvalue weighted by atomic mass is 10.2. The second-order valence-electron chi connectivity index (χ2n) is 5.84. The fourth-order valence-electron chi connectivity index (χ4n) is 1.61. The quantitative estimate of drug-likeness (QED) is 0.571. The second-order valence-corrected chi connectivity index (χ2v) is 17.8. The molecule has 0 radical (unpaired) electrons. The molecule has 0 bridgehead atoms. The van der Waals surface area contributed by atoms with E-state index in [1.54, 1.807) is 0 Å². The molecule has 0 aliphatic carbocycles. The van der Waals surface area contributed by atoms with Crippen LogP contribution >= 0.6 is 11.1 Å². The Morgan fingerprint density at radius 3 is 1.73 bits per heavy atom. The monoisotopic (exact) mass is 256 g/mol. The third-order valence-electron chi connectivity index (χ3n) is 2.44. The summed E-state index contributed by atoms with van der Waals surface area (Å²) in [5, 5.41) is 1.53. The molecule has 0 amide bonds. The van der Waals surface area contributed by atoms with Crippen molar-refractivity contribution in [1.82, 2.24) is 0 Å². The highest BCUT2D eigenvalue weighted by atomic mass is 35.6. The third kappa shape index (κ3) is 4.53. The maximum atomic E-state index is 6.34. The SMILES string of the molecule is C[Si](C)(Cl)Cc1ccc([Si](C)(C)C)cc1. The molecule has 0 aromatic heterocycles. The minimum Gasteiger partial charge on any atom is -0.167 e. The van der Waals surface area contributed by atoms with E-state index in [4.69, 9.17) is 11.1 Å². The minimum absolute atomic E-state index is 1.07. The predicted molar refractivity (Wildman–Crippen MR) is 76.5 cm³/mol. The number of rotatable bonds is 3. The second kappa shape index (κ2) is 4.44. The topological polar surface area (TPSA) is 0 Å². The molecule has 0 unspecified atom stereocenters. The van der Waals surface area contributed by atoms with Gasteiger partial charge in [0.1, 0.15) is 0 Å². The van der Waals surface area contributed by atoms with Crippen LogP contribution in [0.1, 0.15) is 5.56 Å². The van der Waals surface area contributed by atoms with E-state index in [-0.39, 0.29) is 0 Å². The van der Waals surface area contributed by atoms with Crippen LogP contribution in [-0.2, 0) is 6.04 Å². The largest absolute Gasteiger partial charge is 0.167 e. The molecule has 0 spiro atoms. The summed E-state index contributed by atoms with van der Waals surface area (Å²) in [6.45, 7) is 11.5. The van der Waals surface area contributed by atoms with Crippen LogP contribution in [0.2, 0.25) is 32.7 Å². The summed E-state index contributed by atoms with van der Waals surface area (Å²) < 4.78 is 0. The highest BCUT2D eigenvalue weighted by molar-refractivity contribution is 7.18. The summed E-state index contributed by atoms with van der Waals surface area (Å²) in [6, 6.07) is 10.2. The van der Waals surface area contributed by atoms with Gasteiger partial charge in [0.05, 0.1) is 8.07 Å². The summed E-state index contributed by atoms with van der Waals surface area (Å²) in [5.41, 5.74) is 1.39. The molecule has 0 aliphatic heterocycles. The molecule has 1 rings (SSSR count). The van der Waals surface area contributed by atoms with Crippen molar-refractivity contribution in [3.05, 3.63) is 29.8 Å². The van der Waals surface area contributed by atoms with E-state index in [9.17, 15) is 0 Å². The van der Waals surface area contributed by atoms with E-state index in [2.05, 4.69) is 57.0 Å². The molecule has 0 heterocycles. The van der Waals surface area contributed by atoms with Crippen molar-refractivity contribution >= 4 is 31.7 Å². The van der Waals surface area contributed by atoms with Crippen molar-refractivity contribution in [3.63, 3.8) is 0 Å². The Balaban J connectivity index is 2.82. The minimum atomic E-state index is -1.48. The Morgan fingerprint density at radius 1 is 0.933 bits per heavy atom. The van der Waals surface area contributed by atoms with Gasteiger partial charge in [-0.15, -0.1) is 0 Å². The standard InChI is InChI=1S/C12H21ClSi2/c1-14(2,3)12-8-6-11(7-9-12)10-15(4,5)13/h6-9H,10H2,1-5H3. The van der Waals surface area contributed by atoms with Crippen molar-refractivity contribution in [3.8, 4) is 0 Å². The number of hydrogen-bond donors (Lipinski definition) is 0. The molecule has 15 heavy (non-hydrogen) atoms. The van der Waals surface area contributed by atoms with E-state index >= 15 is 0 Å². The normalized spacial score (nSPS) is 12.9. The lowest BCUT2D eigenvalue weighted by Crippen LogP contribution is -2.37. The summed E-state index contributed by atoms with van der Waals surface area (Å²) in [4.78, 5) is 0. The van der Waals surface area contributed by atoms with Crippen LogP contribution in [0.15, 0.2) is 24.3 Å². The Morgan fingerprint density at radius 2 is 1.40 bits per heavy atom. The van der Waals surface area contributed by atoms with Gasteiger partial charge in [-0.2, -0.15) is 11.1 Å². The van der Waals surface area contributed by atoms with Gasteiger partial charge in [-0.1, -0.05) is 62.2 Å². The van der Waals surface area contributed by atoms with Crippen molar-refractivity contribution in [2.24, 2.45) is 0 Å². The summed E-state index contributed by atoms with van der Waals surface area (Å²) in [6.07, 6.45) is 0. The lowest BCUT2D eigenvalue weighted by Gasteiger charge is -2.18. The molecule has 84 valence electrons. The molecule has 0 saturated carbocycles. The van der Waals surface area contributed by atoms with Gasteiger partial charge >= 0.3 is 0 Å². The van der Waals surface area contributed by atoms with Gasteiger partial charge in [-0.05, 0) is 11.6 Å². The van der Waals surface area contributed by atoms with Crippen molar-refractivity contribution in [2.75, 3.05) is 0 Å². The van der Waals surface area contributed by atoms with Gasteiger partial charge in [0.25, 0.3) is 0 Å². The molecule has 0 N–H and O–H groups in total. The fourth-order valence-corrected chi connectivity index (χ4v) is 4.44. The first-order chi connectivity index (χ1) is 6.68. The van der Waals surface area contributed by atoms with Gasteiger partial charge in [0, 0.05) is 0 Å². The average Bonchev–Trinajstić information content (AvgIpc) is 2.00. The third-order valence-corrected chi connectivity index (χ3v) is 6.16. The van der Waals surface area contributed by atoms with Gasteiger partial charge in [-0.3, -0.25) is 0 Å². The molecule has 0 fully saturated rings. The highest BCUT2D eigenvalue weighted by Crippen LogP contribution is 2.15. The maximum absolute atomic E-state index is 6.34.